The molecule has 4 heteroatoms. The van der Waals surface area contributed by atoms with Crippen LogP contribution in [0, 0.1) is 5.82 Å². The van der Waals surface area contributed by atoms with Crippen molar-refractivity contribution < 1.29 is 4.39 Å². The minimum Gasteiger partial charge on any atom is -0.271 e. The van der Waals surface area contributed by atoms with Crippen molar-refractivity contribution in [1.29, 1.82) is 0 Å². The summed E-state index contributed by atoms with van der Waals surface area (Å²) in [4.78, 5) is 3.81. The molecule has 0 bridgehead atoms. The van der Waals surface area contributed by atoms with Gasteiger partial charge in [-0.1, -0.05) is 26.2 Å². The van der Waals surface area contributed by atoms with Gasteiger partial charge in [-0.15, -0.1) is 0 Å². The normalized spacial score (nSPS) is 12.7. The molecule has 0 radical (unpaired) electrons. The molecule has 0 saturated carbocycles. The lowest BCUT2D eigenvalue weighted by molar-refractivity contribution is 0.482. The van der Waals surface area contributed by atoms with Gasteiger partial charge in [-0.3, -0.25) is 16.3 Å². The van der Waals surface area contributed by atoms with Gasteiger partial charge in [0.1, 0.15) is 5.82 Å². The number of pyridine rings is 1. The van der Waals surface area contributed by atoms with Crippen molar-refractivity contribution in [3.05, 3.63) is 29.8 Å². The van der Waals surface area contributed by atoms with Crippen molar-refractivity contribution in [2.24, 2.45) is 5.84 Å². The van der Waals surface area contributed by atoms with Gasteiger partial charge >= 0.3 is 0 Å². The van der Waals surface area contributed by atoms with E-state index in [4.69, 9.17) is 5.84 Å². The third kappa shape index (κ3) is 3.93. The number of halogens is 1. The zero-order chi connectivity index (χ0) is 11.1. The number of hydrogen-bond donors (Lipinski definition) is 2. The van der Waals surface area contributed by atoms with Crippen LogP contribution in [-0.4, -0.2) is 4.98 Å². The molecule has 3 N–H and O–H groups in total. The van der Waals surface area contributed by atoms with Crippen LogP contribution in [-0.2, 0) is 0 Å². The number of hydrazine groups is 1. The average Bonchev–Trinajstić information content (AvgIpc) is 2.24. The highest BCUT2D eigenvalue weighted by Gasteiger charge is 2.09. The Balaban J connectivity index is 2.57. The van der Waals surface area contributed by atoms with Crippen LogP contribution in [0.25, 0.3) is 0 Å². The fourth-order valence-electron chi connectivity index (χ4n) is 1.56. The molecule has 3 nitrogen and oxygen atoms in total. The SMILES string of the molecule is CCCCCC(NN)c1cncc(F)c1. The number of nitrogens with zero attached hydrogens (tertiary/aromatic N) is 1. The molecule has 84 valence electrons. The second-order valence-electron chi connectivity index (χ2n) is 3.65. The molecular formula is C11H18FN3. The minimum absolute atomic E-state index is 0.000231. The van der Waals surface area contributed by atoms with Crippen molar-refractivity contribution in [2.45, 2.75) is 38.6 Å². The third-order valence-corrected chi connectivity index (χ3v) is 2.43. The molecule has 1 heterocycles. The molecular weight excluding hydrogens is 193 g/mol. The number of aromatic nitrogens is 1. The second kappa shape index (κ2) is 6.48. The van der Waals surface area contributed by atoms with E-state index < -0.39 is 0 Å². The lowest BCUT2D eigenvalue weighted by Crippen LogP contribution is -2.28. The molecule has 0 aromatic carbocycles. The van der Waals surface area contributed by atoms with E-state index in [0.29, 0.717) is 0 Å². The summed E-state index contributed by atoms with van der Waals surface area (Å²) >= 11 is 0. The number of nitrogens with two attached hydrogens (primary N) is 1. The average molecular weight is 211 g/mol. The van der Waals surface area contributed by atoms with Gasteiger partial charge in [0.25, 0.3) is 0 Å². The summed E-state index contributed by atoms with van der Waals surface area (Å²) in [6, 6.07) is 1.48. The van der Waals surface area contributed by atoms with Gasteiger partial charge in [-0.25, -0.2) is 4.39 Å². The van der Waals surface area contributed by atoms with Crippen LogP contribution in [0.15, 0.2) is 18.5 Å². The van der Waals surface area contributed by atoms with Gasteiger partial charge < -0.3 is 0 Å². The maximum absolute atomic E-state index is 12.9. The van der Waals surface area contributed by atoms with Crippen LogP contribution in [0.1, 0.15) is 44.2 Å². The molecule has 0 fully saturated rings. The summed E-state index contributed by atoms with van der Waals surface area (Å²) in [5, 5.41) is 0. The lowest BCUT2D eigenvalue weighted by Gasteiger charge is -2.15. The predicted octanol–water partition coefficient (Wildman–Crippen LogP) is 2.31. The van der Waals surface area contributed by atoms with E-state index in [-0.39, 0.29) is 11.9 Å². The Bertz CT molecular complexity index is 291. The van der Waals surface area contributed by atoms with Gasteiger partial charge in [-0.05, 0) is 18.1 Å². The van der Waals surface area contributed by atoms with Crippen molar-refractivity contribution in [3.8, 4) is 0 Å². The summed E-state index contributed by atoms with van der Waals surface area (Å²) in [6.45, 7) is 2.15. The van der Waals surface area contributed by atoms with Crippen molar-refractivity contribution >= 4 is 0 Å². The fourth-order valence-corrected chi connectivity index (χ4v) is 1.56. The first-order valence-corrected chi connectivity index (χ1v) is 5.34. The van der Waals surface area contributed by atoms with Crippen LogP contribution in [0.2, 0.25) is 0 Å². The Kier molecular flexibility index (Phi) is 5.21. The second-order valence-corrected chi connectivity index (χ2v) is 3.65. The largest absolute Gasteiger partial charge is 0.271 e. The number of hydrogen-bond acceptors (Lipinski definition) is 3. The fraction of sp³-hybridized carbons (Fsp3) is 0.545. The molecule has 1 atom stereocenters. The van der Waals surface area contributed by atoms with E-state index in [2.05, 4.69) is 17.3 Å². The molecule has 15 heavy (non-hydrogen) atoms. The predicted molar refractivity (Wildman–Crippen MR) is 58.4 cm³/mol. The Morgan fingerprint density at radius 2 is 2.27 bits per heavy atom. The molecule has 0 spiro atoms. The minimum atomic E-state index is -0.316. The Hall–Kier alpha value is -1.00. The summed E-state index contributed by atoms with van der Waals surface area (Å²) in [6.07, 6.45) is 7.18. The topological polar surface area (TPSA) is 50.9 Å². The quantitative estimate of drug-likeness (QED) is 0.431. The molecule has 0 aliphatic carbocycles. The number of rotatable bonds is 6. The first-order valence-electron chi connectivity index (χ1n) is 5.34. The van der Waals surface area contributed by atoms with Crippen molar-refractivity contribution in [3.63, 3.8) is 0 Å². The maximum atomic E-state index is 12.9. The van der Waals surface area contributed by atoms with Gasteiger partial charge in [0, 0.05) is 12.2 Å². The first kappa shape index (κ1) is 12.1. The molecule has 0 amide bonds. The van der Waals surface area contributed by atoms with Crippen LogP contribution >= 0.6 is 0 Å². The van der Waals surface area contributed by atoms with Gasteiger partial charge in [-0.2, -0.15) is 0 Å². The smallest absolute Gasteiger partial charge is 0.141 e. The molecule has 1 unspecified atom stereocenters. The van der Waals surface area contributed by atoms with Crippen LogP contribution in [0.4, 0.5) is 4.39 Å². The van der Waals surface area contributed by atoms with E-state index in [1.807, 2.05) is 0 Å². The molecule has 1 rings (SSSR count). The lowest BCUT2D eigenvalue weighted by atomic mass is 10.0. The highest BCUT2D eigenvalue weighted by atomic mass is 19.1. The standard InChI is InChI=1S/C11H18FN3/c1-2-3-4-5-11(15-13)9-6-10(12)8-14-7-9/h6-8,11,15H,2-5,13H2,1H3. The van der Waals surface area contributed by atoms with Gasteiger partial charge in [0.2, 0.25) is 0 Å². The number of unbranched alkanes of at least 4 members (excludes halogenated alkanes) is 2. The van der Waals surface area contributed by atoms with E-state index in [0.717, 1.165) is 18.4 Å². The Labute approximate surface area is 89.9 Å². The zero-order valence-corrected chi connectivity index (χ0v) is 9.04. The van der Waals surface area contributed by atoms with Crippen molar-refractivity contribution in [2.75, 3.05) is 0 Å². The highest BCUT2D eigenvalue weighted by Crippen LogP contribution is 2.18. The van der Waals surface area contributed by atoms with Crippen LogP contribution in [0.3, 0.4) is 0 Å². The first-order chi connectivity index (χ1) is 7.27. The summed E-state index contributed by atoms with van der Waals surface area (Å²) in [5.41, 5.74) is 3.51. The van der Waals surface area contributed by atoms with Crippen LogP contribution in [0.5, 0.6) is 0 Å². The van der Waals surface area contributed by atoms with Crippen LogP contribution < -0.4 is 11.3 Å². The van der Waals surface area contributed by atoms with E-state index in [9.17, 15) is 4.39 Å². The molecule has 1 aromatic rings. The summed E-state index contributed by atoms with van der Waals surface area (Å²) in [5.74, 6) is 5.12. The van der Waals surface area contributed by atoms with Gasteiger partial charge in [0.05, 0.1) is 6.20 Å². The van der Waals surface area contributed by atoms with Gasteiger partial charge in [0.15, 0.2) is 0 Å². The molecule has 0 aliphatic heterocycles. The highest BCUT2D eigenvalue weighted by molar-refractivity contribution is 5.14. The van der Waals surface area contributed by atoms with Crippen molar-refractivity contribution in [1.82, 2.24) is 10.4 Å². The Morgan fingerprint density at radius 3 is 2.87 bits per heavy atom. The number of nitrogens with one attached hydrogen (secondary N) is 1. The molecule has 0 saturated heterocycles. The third-order valence-electron chi connectivity index (χ3n) is 2.43. The van der Waals surface area contributed by atoms with E-state index >= 15 is 0 Å². The Morgan fingerprint density at radius 1 is 1.47 bits per heavy atom. The zero-order valence-electron chi connectivity index (χ0n) is 9.04. The molecule has 0 aliphatic rings. The van der Waals surface area contributed by atoms with E-state index in [1.165, 1.54) is 25.1 Å². The van der Waals surface area contributed by atoms with E-state index in [1.54, 1.807) is 6.20 Å². The monoisotopic (exact) mass is 211 g/mol. The summed E-state index contributed by atoms with van der Waals surface area (Å²) < 4.78 is 12.9. The molecule has 1 aromatic heterocycles. The maximum Gasteiger partial charge on any atom is 0.141 e. The summed E-state index contributed by atoms with van der Waals surface area (Å²) in [7, 11) is 0.